The number of hydrogen-bond acceptors (Lipinski definition) is 4. The highest BCUT2D eigenvalue weighted by Gasteiger charge is 2.41. The highest BCUT2D eigenvalue weighted by Crippen LogP contribution is 2.47. The molecule has 0 radical (unpaired) electrons. The van der Waals surface area contributed by atoms with E-state index in [4.69, 9.17) is 9.47 Å². The summed E-state index contributed by atoms with van der Waals surface area (Å²) in [4.78, 5) is 10.6. The highest BCUT2D eigenvalue weighted by molar-refractivity contribution is 5.47. The lowest BCUT2D eigenvalue weighted by atomic mass is 9.97. The van der Waals surface area contributed by atoms with Gasteiger partial charge in [-0.3, -0.25) is 4.79 Å². The van der Waals surface area contributed by atoms with Gasteiger partial charge < -0.3 is 20.1 Å². The fourth-order valence-corrected chi connectivity index (χ4v) is 4.28. The van der Waals surface area contributed by atoms with Crippen molar-refractivity contribution in [3.8, 4) is 11.5 Å². The largest absolute Gasteiger partial charge is 0.493 e. The van der Waals surface area contributed by atoms with Crippen LogP contribution in [0.25, 0.3) is 0 Å². The molecule has 0 heterocycles. The van der Waals surface area contributed by atoms with Gasteiger partial charge in [0.1, 0.15) is 6.10 Å². The summed E-state index contributed by atoms with van der Waals surface area (Å²) in [6.07, 6.45) is 6.22. The second kappa shape index (κ2) is 7.88. The Bertz CT molecular complexity index is 564. The van der Waals surface area contributed by atoms with Crippen molar-refractivity contribution in [1.82, 2.24) is 10.6 Å². The van der Waals surface area contributed by atoms with Crippen molar-refractivity contribution >= 4 is 6.41 Å². The third-order valence-electron chi connectivity index (χ3n) is 5.51. The first-order valence-electron chi connectivity index (χ1n) is 8.91. The first kappa shape index (κ1) is 17.1. The molecule has 1 aromatic carbocycles. The third-order valence-corrected chi connectivity index (χ3v) is 5.51. The van der Waals surface area contributed by atoms with E-state index >= 15 is 0 Å². The smallest absolute Gasteiger partial charge is 0.207 e. The number of nitrogens with one attached hydrogen (secondary N) is 2. The van der Waals surface area contributed by atoms with Gasteiger partial charge in [-0.05, 0) is 62.3 Å². The van der Waals surface area contributed by atoms with Crippen LogP contribution in [0, 0.1) is 11.8 Å². The molecule has 2 bridgehead atoms. The van der Waals surface area contributed by atoms with Crippen LogP contribution in [0.3, 0.4) is 0 Å². The first-order valence-corrected chi connectivity index (χ1v) is 8.91. The minimum absolute atomic E-state index is 0.202. The Morgan fingerprint density at radius 1 is 1.25 bits per heavy atom. The lowest BCUT2D eigenvalue weighted by molar-refractivity contribution is -0.109. The summed E-state index contributed by atoms with van der Waals surface area (Å²) in [5, 5.41) is 5.97. The molecule has 2 aliphatic rings. The molecule has 0 aromatic heterocycles. The summed E-state index contributed by atoms with van der Waals surface area (Å²) in [7, 11) is 3.60. The molecule has 1 aromatic rings. The number of hydrogen-bond donors (Lipinski definition) is 2. The van der Waals surface area contributed by atoms with Gasteiger partial charge in [-0.15, -0.1) is 0 Å². The number of methoxy groups -OCH3 is 1. The Balaban J connectivity index is 1.77. The summed E-state index contributed by atoms with van der Waals surface area (Å²) < 4.78 is 11.9. The molecule has 5 nitrogen and oxygen atoms in total. The minimum Gasteiger partial charge on any atom is -0.493 e. The Hall–Kier alpha value is -1.75. The van der Waals surface area contributed by atoms with Crippen molar-refractivity contribution in [3.63, 3.8) is 0 Å². The molecule has 0 aliphatic heterocycles. The van der Waals surface area contributed by atoms with Crippen LogP contribution in [-0.4, -0.2) is 39.8 Å². The molecule has 4 atom stereocenters. The van der Waals surface area contributed by atoms with Gasteiger partial charge in [0.25, 0.3) is 0 Å². The normalized spacial score (nSPS) is 26.2. The summed E-state index contributed by atoms with van der Waals surface area (Å²) in [6, 6.07) is 6.11. The fourth-order valence-electron chi connectivity index (χ4n) is 4.28. The zero-order valence-corrected chi connectivity index (χ0v) is 14.6. The van der Waals surface area contributed by atoms with E-state index < -0.39 is 0 Å². The second-order valence-electron chi connectivity index (χ2n) is 7.02. The highest BCUT2D eigenvalue weighted by atomic mass is 16.5. The van der Waals surface area contributed by atoms with Crippen LogP contribution in [0.5, 0.6) is 11.5 Å². The Morgan fingerprint density at radius 3 is 2.75 bits per heavy atom. The van der Waals surface area contributed by atoms with Crippen LogP contribution >= 0.6 is 0 Å². The number of rotatable bonds is 9. The number of ether oxygens (including phenoxy) is 2. The minimum atomic E-state index is 0.202. The number of carbonyl (C=O) groups excluding carboxylic acids is 1. The molecule has 132 valence electrons. The summed E-state index contributed by atoms with van der Waals surface area (Å²) >= 11 is 0. The van der Waals surface area contributed by atoms with E-state index in [0.717, 1.165) is 35.9 Å². The summed E-state index contributed by atoms with van der Waals surface area (Å²) in [5.41, 5.74) is 1.15. The predicted molar refractivity (Wildman–Crippen MR) is 93.6 cm³/mol. The van der Waals surface area contributed by atoms with Crippen LogP contribution in [0.2, 0.25) is 0 Å². The topological polar surface area (TPSA) is 59.6 Å². The van der Waals surface area contributed by atoms with Gasteiger partial charge in [-0.1, -0.05) is 6.07 Å². The van der Waals surface area contributed by atoms with Crippen LogP contribution in [0.15, 0.2) is 18.2 Å². The maximum absolute atomic E-state index is 10.6. The summed E-state index contributed by atoms with van der Waals surface area (Å²) in [5.74, 6) is 3.37. The number of fused-ring (bicyclic) bond motifs is 2. The average Bonchev–Trinajstić information content (AvgIpc) is 3.21. The van der Waals surface area contributed by atoms with E-state index in [1.165, 1.54) is 25.7 Å². The molecule has 0 spiro atoms. The molecule has 3 rings (SSSR count). The Morgan fingerprint density at radius 2 is 2.12 bits per heavy atom. The third kappa shape index (κ3) is 3.66. The molecule has 24 heavy (non-hydrogen) atoms. The average molecular weight is 332 g/mol. The predicted octanol–water partition coefficient (Wildman–Crippen LogP) is 2.31. The van der Waals surface area contributed by atoms with Crippen molar-refractivity contribution in [2.45, 2.75) is 37.7 Å². The van der Waals surface area contributed by atoms with E-state index in [1.54, 1.807) is 7.11 Å². The van der Waals surface area contributed by atoms with Crippen LogP contribution in [0.4, 0.5) is 0 Å². The van der Waals surface area contributed by atoms with Gasteiger partial charge in [0, 0.05) is 19.0 Å². The lowest BCUT2D eigenvalue weighted by Crippen LogP contribution is -2.28. The van der Waals surface area contributed by atoms with Crippen molar-refractivity contribution in [2.24, 2.45) is 11.8 Å². The van der Waals surface area contributed by atoms with Gasteiger partial charge >= 0.3 is 0 Å². The van der Waals surface area contributed by atoms with Gasteiger partial charge in [0.15, 0.2) is 11.5 Å². The number of benzene rings is 1. The molecule has 5 heteroatoms. The molecule has 1 amide bonds. The van der Waals surface area contributed by atoms with E-state index in [2.05, 4.69) is 22.8 Å². The fraction of sp³-hybridized carbons (Fsp3) is 0.632. The Kier molecular flexibility index (Phi) is 5.61. The number of carbonyl (C=O) groups is 1. The van der Waals surface area contributed by atoms with Crippen LogP contribution in [-0.2, 0) is 4.79 Å². The van der Waals surface area contributed by atoms with Gasteiger partial charge in [0.05, 0.1) is 7.11 Å². The van der Waals surface area contributed by atoms with Crippen molar-refractivity contribution in [2.75, 3.05) is 27.2 Å². The van der Waals surface area contributed by atoms with E-state index in [9.17, 15) is 4.79 Å². The van der Waals surface area contributed by atoms with Crippen molar-refractivity contribution < 1.29 is 14.3 Å². The van der Waals surface area contributed by atoms with Gasteiger partial charge in [0.2, 0.25) is 6.41 Å². The van der Waals surface area contributed by atoms with E-state index in [1.807, 2.05) is 13.1 Å². The summed E-state index contributed by atoms with van der Waals surface area (Å²) in [6.45, 7) is 1.39. The maximum atomic E-state index is 10.6. The quantitative estimate of drug-likeness (QED) is 0.681. The van der Waals surface area contributed by atoms with Crippen molar-refractivity contribution in [1.29, 1.82) is 0 Å². The number of amides is 1. The van der Waals surface area contributed by atoms with Crippen LogP contribution in [0.1, 0.15) is 37.2 Å². The van der Waals surface area contributed by atoms with E-state index in [-0.39, 0.29) is 5.92 Å². The SMILES string of the molecule is CNCC(CNC=O)c1ccc(OC)c(O[C@H]2C[C@@H]3CC[C@H]2C3)c1. The molecular weight excluding hydrogens is 304 g/mol. The zero-order valence-electron chi connectivity index (χ0n) is 14.6. The molecule has 2 fully saturated rings. The molecule has 2 saturated carbocycles. The maximum Gasteiger partial charge on any atom is 0.207 e. The van der Waals surface area contributed by atoms with E-state index in [0.29, 0.717) is 18.6 Å². The van der Waals surface area contributed by atoms with Crippen molar-refractivity contribution in [3.05, 3.63) is 23.8 Å². The number of likely N-dealkylation sites (N-methyl/N-ethyl adjacent to an activating group) is 1. The molecule has 2 N–H and O–H groups in total. The first-order chi connectivity index (χ1) is 11.7. The molecule has 2 aliphatic carbocycles. The van der Waals surface area contributed by atoms with Gasteiger partial charge in [-0.2, -0.15) is 0 Å². The van der Waals surface area contributed by atoms with Crippen LogP contribution < -0.4 is 20.1 Å². The van der Waals surface area contributed by atoms with Gasteiger partial charge in [-0.25, -0.2) is 0 Å². The second-order valence-corrected chi connectivity index (χ2v) is 7.02. The molecule has 1 unspecified atom stereocenters. The monoisotopic (exact) mass is 332 g/mol. The zero-order chi connectivity index (χ0) is 16.9. The molecular formula is C19H28N2O3. The standard InChI is InChI=1S/C19H28N2O3/c1-20-10-16(11-21-12-22)14-5-6-17(23-2)19(9-14)24-18-8-13-3-4-15(18)7-13/h5-6,9,12-13,15-16,18,20H,3-4,7-8,10-11H2,1-2H3,(H,21,22)/t13-,15+,16?,18+/m1/s1. The molecule has 0 saturated heterocycles. The Labute approximate surface area is 144 Å². The lowest BCUT2D eigenvalue weighted by Gasteiger charge is -2.25.